The van der Waals surface area contributed by atoms with Gasteiger partial charge < -0.3 is 9.26 Å². The highest BCUT2D eigenvalue weighted by Crippen LogP contribution is 2.44. The number of benzene rings is 3. The van der Waals surface area contributed by atoms with Gasteiger partial charge in [0, 0.05) is 16.5 Å². The molecule has 1 aliphatic carbocycles. The SMILES string of the molecule is Cc1noc(-c2ccc3cc(C#CC4(C)CC4)ccc3c2)c1NC(=O)OCc1ccccc1. The Bertz CT molecular complexity index is 1390. The zero-order valence-corrected chi connectivity index (χ0v) is 18.6. The number of carbonyl (C=O) groups is 1. The van der Waals surface area contributed by atoms with Crippen LogP contribution in [0.5, 0.6) is 0 Å². The molecule has 5 heteroatoms. The van der Waals surface area contributed by atoms with Gasteiger partial charge in [-0.25, -0.2) is 4.79 Å². The van der Waals surface area contributed by atoms with E-state index in [9.17, 15) is 4.79 Å². The van der Waals surface area contributed by atoms with E-state index in [1.54, 1.807) is 6.92 Å². The lowest BCUT2D eigenvalue weighted by Gasteiger charge is -2.08. The number of carbonyl (C=O) groups excluding carboxylic acids is 1. The number of amides is 1. The van der Waals surface area contributed by atoms with E-state index in [-0.39, 0.29) is 12.0 Å². The fourth-order valence-corrected chi connectivity index (χ4v) is 3.58. The van der Waals surface area contributed by atoms with E-state index >= 15 is 0 Å². The summed E-state index contributed by atoms with van der Waals surface area (Å²) in [6.45, 7) is 4.18. The van der Waals surface area contributed by atoms with E-state index in [1.165, 1.54) is 12.8 Å². The van der Waals surface area contributed by atoms with Crippen LogP contribution in [0.4, 0.5) is 10.5 Å². The van der Waals surface area contributed by atoms with Gasteiger partial charge in [0.15, 0.2) is 5.76 Å². The van der Waals surface area contributed by atoms with Gasteiger partial charge in [-0.2, -0.15) is 0 Å². The van der Waals surface area contributed by atoms with E-state index in [0.717, 1.165) is 27.5 Å². The quantitative estimate of drug-likeness (QED) is 0.361. The number of aryl methyl sites for hydroxylation is 1. The molecule has 1 amide bonds. The molecule has 1 N–H and O–H groups in total. The molecule has 4 aromatic rings. The maximum atomic E-state index is 12.4. The molecule has 0 unspecified atom stereocenters. The summed E-state index contributed by atoms with van der Waals surface area (Å²) in [4.78, 5) is 12.4. The number of nitrogens with zero attached hydrogens (tertiary/aromatic N) is 1. The molecule has 1 saturated carbocycles. The molecule has 0 bridgehead atoms. The summed E-state index contributed by atoms with van der Waals surface area (Å²) in [7, 11) is 0. The molecule has 0 atom stereocenters. The number of nitrogens with one attached hydrogen (secondary N) is 1. The summed E-state index contributed by atoms with van der Waals surface area (Å²) < 4.78 is 10.9. The maximum absolute atomic E-state index is 12.4. The standard InChI is InChI=1S/C28H24N2O3/c1-19-25(29-27(31)32-18-21-6-4-3-5-7-21)26(33-30-19)24-11-10-22-16-20(8-9-23(22)17-24)12-13-28(2)14-15-28/h3-11,16-17H,14-15,18H2,1-2H3,(H,29,31). The number of ether oxygens (including phenoxy) is 1. The largest absolute Gasteiger partial charge is 0.444 e. The number of hydrogen-bond donors (Lipinski definition) is 1. The summed E-state index contributed by atoms with van der Waals surface area (Å²) >= 11 is 0. The normalized spacial score (nSPS) is 13.8. The van der Waals surface area contributed by atoms with Crippen LogP contribution >= 0.6 is 0 Å². The van der Waals surface area contributed by atoms with Gasteiger partial charge in [-0.3, -0.25) is 5.32 Å². The molecule has 1 aliphatic rings. The van der Waals surface area contributed by atoms with Crippen molar-refractivity contribution in [1.82, 2.24) is 5.16 Å². The minimum absolute atomic E-state index is 0.187. The average Bonchev–Trinajstić information content (AvgIpc) is 3.47. The van der Waals surface area contributed by atoms with Gasteiger partial charge in [-0.1, -0.05) is 65.5 Å². The zero-order chi connectivity index (χ0) is 22.8. The Morgan fingerprint density at radius 3 is 2.64 bits per heavy atom. The van der Waals surface area contributed by atoms with E-state index in [0.29, 0.717) is 17.1 Å². The number of hydrogen-bond acceptors (Lipinski definition) is 4. The average molecular weight is 437 g/mol. The van der Waals surface area contributed by atoms with Gasteiger partial charge in [0.1, 0.15) is 18.0 Å². The number of fused-ring (bicyclic) bond motifs is 1. The molecule has 1 fully saturated rings. The summed E-state index contributed by atoms with van der Waals surface area (Å²) in [6.07, 6.45) is 1.81. The lowest BCUT2D eigenvalue weighted by molar-refractivity contribution is 0.155. The molecule has 0 saturated heterocycles. The second-order valence-electron chi connectivity index (χ2n) is 8.75. The highest BCUT2D eigenvalue weighted by atomic mass is 16.5. The number of rotatable bonds is 4. The lowest BCUT2D eigenvalue weighted by atomic mass is 10.0. The Hall–Kier alpha value is -4.04. The van der Waals surface area contributed by atoms with Crippen molar-refractivity contribution >= 4 is 22.6 Å². The van der Waals surface area contributed by atoms with E-state index in [4.69, 9.17) is 9.26 Å². The minimum atomic E-state index is -0.556. The van der Waals surface area contributed by atoms with Crippen molar-refractivity contribution in [1.29, 1.82) is 0 Å². The molecule has 0 spiro atoms. The molecule has 3 aromatic carbocycles. The van der Waals surface area contributed by atoms with Gasteiger partial charge >= 0.3 is 6.09 Å². The van der Waals surface area contributed by atoms with E-state index in [2.05, 4.69) is 41.4 Å². The van der Waals surface area contributed by atoms with Crippen LogP contribution in [-0.4, -0.2) is 11.2 Å². The van der Waals surface area contributed by atoms with Crippen LogP contribution in [0.15, 0.2) is 71.3 Å². The Morgan fingerprint density at radius 2 is 1.85 bits per heavy atom. The minimum Gasteiger partial charge on any atom is -0.444 e. The monoisotopic (exact) mass is 436 g/mol. The topological polar surface area (TPSA) is 64.4 Å². The third-order valence-electron chi connectivity index (χ3n) is 5.91. The summed E-state index contributed by atoms with van der Waals surface area (Å²) in [5.41, 5.74) is 4.05. The van der Waals surface area contributed by atoms with Crippen molar-refractivity contribution in [3.63, 3.8) is 0 Å². The molecular formula is C28H24N2O3. The van der Waals surface area contributed by atoms with Gasteiger partial charge in [-0.15, -0.1) is 0 Å². The Balaban J connectivity index is 1.35. The third-order valence-corrected chi connectivity index (χ3v) is 5.91. The second-order valence-corrected chi connectivity index (χ2v) is 8.75. The molecule has 1 heterocycles. The molecule has 1 aromatic heterocycles. The number of anilines is 1. The molecule has 0 radical (unpaired) electrons. The first-order valence-electron chi connectivity index (χ1n) is 11.0. The Kier molecular flexibility index (Phi) is 5.35. The van der Waals surface area contributed by atoms with Gasteiger partial charge in [0.2, 0.25) is 0 Å². The van der Waals surface area contributed by atoms with E-state index in [1.807, 2.05) is 54.6 Å². The Labute approximate surface area is 192 Å². The van der Waals surface area contributed by atoms with Crippen LogP contribution in [0, 0.1) is 24.2 Å². The molecule has 5 rings (SSSR count). The maximum Gasteiger partial charge on any atom is 0.412 e. The van der Waals surface area contributed by atoms with Crippen molar-refractivity contribution in [2.45, 2.75) is 33.3 Å². The van der Waals surface area contributed by atoms with Gasteiger partial charge in [0.05, 0.1) is 0 Å². The highest BCUT2D eigenvalue weighted by molar-refractivity contribution is 5.93. The first-order valence-corrected chi connectivity index (χ1v) is 11.0. The van der Waals surface area contributed by atoms with Crippen molar-refractivity contribution < 1.29 is 14.1 Å². The fraction of sp³-hybridized carbons (Fsp3) is 0.214. The van der Waals surface area contributed by atoms with Crippen molar-refractivity contribution in [2.24, 2.45) is 5.41 Å². The second kappa shape index (κ2) is 8.48. The van der Waals surface area contributed by atoms with Crippen molar-refractivity contribution in [3.8, 4) is 23.2 Å². The van der Waals surface area contributed by atoms with Gasteiger partial charge in [0.25, 0.3) is 0 Å². The Morgan fingerprint density at radius 1 is 1.09 bits per heavy atom. The first kappa shape index (κ1) is 20.8. The predicted octanol–water partition coefficient (Wildman–Crippen LogP) is 6.70. The summed E-state index contributed by atoms with van der Waals surface area (Å²) in [5.74, 6) is 7.18. The highest BCUT2D eigenvalue weighted by Gasteiger charge is 2.35. The van der Waals surface area contributed by atoms with Crippen molar-refractivity contribution in [2.75, 3.05) is 5.32 Å². The molecular weight excluding hydrogens is 412 g/mol. The summed E-state index contributed by atoms with van der Waals surface area (Å²) in [5, 5.41) is 8.99. The van der Waals surface area contributed by atoms with Crippen LogP contribution in [0.25, 0.3) is 22.1 Å². The third kappa shape index (κ3) is 4.75. The molecule has 5 nitrogen and oxygen atoms in total. The van der Waals surface area contributed by atoms with Crippen LogP contribution in [0.3, 0.4) is 0 Å². The first-order chi connectivity index (χ1) is 16.0. The molecule has 0 aliphatic heterocycles. The zero-order valence-electron chi connectivity index (χ0n) is 18.6. The van der Waals surface area contributed by atoms with Gasteiger partial charge in [-0.05, 0) is 61.2 Å². The summed E-state index contributed by atoms with van der Waals surface area (Å²) in [6, 6.07) is 21.7. The van der Waals surface area contributed by atoms with E-state index < -0.39 is 6.09 Å². The number of aromatic nitrogens is 1. The van der Waals surface area contributed by atoms with Crippen molar-refractivity contribution in [3.05, 3.63) is 83.6 Å². The fourth-order valence-electron chi connectivity index (χ4n) is 3.58. The smallest absolute Gasteiger partial charge is 0.412 e. The van der Waals surface area contributed by atoms with Crippen LogP contribution < -0.4 is 5.32 Å². The van der Waals surface area contributed by atoms with Crippen LogP contribution in [-0.2, 0) is 11.3 Å². The van der Waals surface area contributed by atoms with Crippen LogP contribution in [0.2, 0.25) is 0 Å². The predicted molar refractivity (Wildman–Crippen MR) is 129 cm³/mol. The molecule has 164 valence electrons. The lowest BCUT2D eigenvalue weighted by Crippen LogP contribution is -2.14. The van der Waals surface area contributed by atoms with Crippen LogP contribution in [0.1, 0.15) is 36.6 Å². The molecule has 33 heavy (non-hydrogen) atoms.